The smallest absolute Gasteiger partial charge is 0.263 e. The van der Waals surface area contributed by atoms with Crippen molar-refractivity contribution in [2.45, 2.75) is 25.9 Å². The summed E-state index contributed by atoms with van der Waals surface area (Å²) in [5, 5.41) is 0. The van der Waals surface area contributed by atoms with E-state index < -0.39 is 11.9 Å². The molecule has 1 atom stereocenters. The summed E-state index contributed by atoms with van der Waals surface area (Å²) in [5.74, 6) is -0.0524. The van der Waals surface area contributed by atoms with Gasteiger partial charge in [-0.15, -0.1) is 0 Å². The van der Waals surface area contributed by atoms with Crippen LogP contribution in [-0.2, 0) is 11.2 Å². The van der Waals surface area contributed by atoms with Crippen LogP contribution in [0.25, 0.3) is 0 Å². The molecule has 6 heteroatoms. The van der Waals surface area contributed by atoms with Gasteiger partial charge in [-0.2, -0.15) is 0 Å². The van der Waals surface area contributed by atoms with Crippen LogP contribution in [-0.4, -0.2) is 53.9 Å². The number of carbonyl (C=O) groups is 2. The third kappa shape index (κ3) is 5.81. The van der Waals surface area contributed by atoms with Crippen LogP contribution in [0.4, 0.5) is 4.39 Å². The van der Waals surface area contributed by atoms with Crippen molar-refractivity contribution in [3.8, 4) is 5.75 Å². The maximum absolute atomic E-state index is 13.5. The number of para-hydroxylation sites is 1. The van der Waals surface area contributed by atoms with Crippen LogP contribution in [0.5, 0.6) is 5.75 Å². The molecule has 4 rings (SSSR count). The highest BCUT2D eigenvalue weighted by Crippen LogP contribution is 2.23. The molecule has 0 bridgehead atoms. The van der Waals surface area contributed by atoms with E-state index in [1.807, 2.05) is 42.5 Å². The highest BCUT2D eigenvalue weighted by Gasteiger charge is 2.27. The normalized spacial score (nSPS) is 14.9. The van der Waals surface area contributed by atoms with Crippen molar-refractivity contribution >= 4 is 11.8 Å². The molecule has 0 spiro atoms. The van der Waals surface area contributed by atoms with Crippen LogP contribution in [0.1, 0.15) is 34.8 Å². The molecule has 0 aliphatic carbocycles. The lowest BCUT2D eigenvalue weighted by Gasteiger charge is -2.25. The number of nitrogens with zero attached hydrogens (tertiary/aromatic N) is 2. The number of amides is 2. The summed E-state index contributed by atoms with van der Waals surface area (Å²) in [6, 6.07) is 23.6. The lowest BCUT2D eigenvalue weighted by atomic mass is 10.0. The monoisotopic (exact) mass is 460 g/mol. The van der Waals surface area contributed by atoms with Crippen molar-refractivity contribution in [2.24, 2.45) is 0 Å². The molecule has 5 nitrogen and oxygen atoms in total. The highest BCUT2D eigenvalue weighted by atomic mass is 19.1. The van der Waals surface area contributed by atoms with Gasteiger partial charge in [0.15, 0.2) is 6.10 Å². The number of hydrogen-bond donors (Lipinski definition) is 0. The second-order valence-electron chi connectivity index (χ2n) is 8.51. The molecule has 2 amide bonds. The Kier molecular flexibility index (Phi) is 7.58. The number of hydrogen-bond acceptors (Lipinski definition) is 3. The molecule has 1 saturated heterocycles. The van der Waals surface area contributed by atoms with Crippen LogP contribution in [0.15, 0.2) is 78.9 Å². The van der Waals surface area contributed by atoms with Crippen LogP contribution in [0, 0.1) is 5.82 Å². The fourth-order valence-corrected chi connectivity index (χ4v) is 4.22. The minimum atomic E-state index is -0.651. The van der Waals surface area contributed by atoms with Gasteiger partial charge in [0, 0.05) is 38.2 Å². The van der Waals surface area contributed by atoms with E-state index in [4.69, 9.17) is 4.74 Å². The lowest BCUT2D eigenvalue weighted by molar-refractivity contribution is -0.137. The quantitative estimate of drug-likeness (QED) is 0.542. The number of carbonyl (C=O) groups excluding carboxylic acids is 2. The van der Waals surface area contributed by atoms with Crippen molar-refractivity contribution in [1.82, 2.24) is 9.80 Å². The van der Waals surface area contributed by atoms with E-state index in [1.54, 1.807) is 22.8 Å². The third-order valence-electron chi connectivity index (χ3n) is 6.03. The SMILES string of the molecule is CC(Oc1ccccc1Cc1ccccc1)C(=O)N1CCCN(C(=O)c2cccc(F)c2)CC1. The Labute approximate surface area is 199 Å². The summed E-state index contributed by atoms with van der Waals surface area (Å²) >= 11 is 0. The summed E-state index contributed by atoms with van der Waals surface area (Å²) < 4.78 is 19.6. The number of rotatable bonds is 6. The second kappa shape index (κ2) is 11.0. The lowest BCUT2D eigenvalue weighted by Crippen LogP contribution is -2.43. The van der Waals surface area contributed by atoms with Crippen LogP contribution >= 0.6 is 0 Å². The zero-order valence-corrected chi connectivity index (χ0v) is 19.3. The zero-order chi connectivity index (χ0) is 23.9. The van der Waals surface area contributed by atoms with Gasteiger partial charge in [0.25, 0.3) is 11.8 Å². The molecule has 1 heterocycles. The standard InChI is InChI=1S/C28H29FN2O3/c1-21(34-26-14-6-5-11-23(26)19-22-9-3-2-4-10-22)27(32)30-15-8-16-31(18-17-30)28(33)24-12-7-13-25(29)20-24/h2-7,9-14,20-21H,8,15-19H2,1H3. The van der Waals surface area contributed by atoms with Gasteiger partial charge in [-0.25, -0.2) is 4.39 Å². The van der Waals surface area contributed by atoms with E-state index in [0.717, 1.165) is 12.0 Å². The first-order chi connectivity index (χ1) is 16.5. The van der Waals surface area contributed by atoms with Crippen molar-refractivity contribution in [3.05, 3.63) is 101 Å². The molecule has 0 saturated carbocycles. The fourth-order valence-electron chi connectivity index (χ4n) is 4.22. The summed E-state index contributed by atoms with van der Waals surface area (Å²) in [7, 11) is 0. The fraction of sp³-hybridized carbons (Fsp3) is 0.286. The van der Waals surface area contributed by atoms with E-state index in [-0.39, 0.29) is 11.8 Å². The molecule has 176 valence electrons. The Morgan fingerprint density at radius 3 is 2.38 bits per heavy atom. The molecule has 3 aromatic rings. The molecule has 1 aliphatic rings. The Morgan fingerprint density at radius 2 is 1.59 bits per heavy atom. The highest BCUT2D eigenvalue weighted by molar-refractivity contribution is 5.94. The Morgan fingerprint density at radius 1 is 0.882 bits per heavy atom. The molecule has 3 aromatic carbocycles. The van der Waals surface area contributed by atoms with Crippen LogP contribution in [0.3, 0.4) is 0 Å². The Balaban J connectivity index is 1.38. The van der Waals surface area contributed by atoms with Crippen molar-refractivity contribution < 1.29 is 18.7 Å². The van der Waals surface area contributed by atoms with E-state index >= 15 is 0 Å². The van der Waals surface area contributed by atoms with Gasteiger partial charge in [0.1, 0.15) is 11.6 Å². The Hall–Kier alpha value is -3.67. The minimum absolute atomic E-state index is 0.102. The van der Waals surface area contributed by atoms with Gasteiger partial charge in [0.05, 0.1) is 0 Å². The average Bonchev–Trinajstić information content (AvgIpc) is 3.11. The summed E-state index contributed by atoms with van der Waals surface area (Å²) in [6.45, 7) is 3.65. The van der Waals surface area contributed by atoms with Crippen molar-refractivity contribution in [3.63, 3.8) is 0 Å². The first-order valence-electron chi connectivity index (χ1n) is 11.6. The van der Waals surface area contributed by atoms with Gasteiger partial charge in [0.2, 0.25) is 0 Å². The molecular formula is C28H29FN2O3. The summed E-state index contributed by atoms with van der Waals surface area (Å²) in [5.41, 5.74) is 2.52. The molecule has 0 aromatic heterocycles. The van der Waals surface area contributed by atoms with E-state index in [0.29, 0.717) is 43.9 Å². The largest absolute Gasteiger partial charge is 0.481 e. The maximum atomic E-state index is 13.5. The number of benzene rings is 3. The molecule has 1 fully saturated rings. The average molecular weight is 461 g/mol. The van der Waals surface area contributed by atoms with Gasteiger partial charge in [-0.05, 0) is 48.7 Å². The third-order valence-corrected chi connectivity index (χ3v) is 6.03. The number of ether oxygens (including phenoxy) is 1. The van der Waals surface area contributed by atoms with Gasteiger partial charge in [-0.3, -0.25) is 9.59 Å². The van der Waals surface area contributed by atoms with Gasteiger partial charge in [-0.1, -0.05) is 54.6 Å². The molecular weight excluding hydrogens is 431 g/mol. The summed E-state index contributed by atoms with van der Waals surface area (Å²) in [4.78, 5) is 29.4. The van der Waals surface area contributed by atoms with Crippen molar-refractivity contribution in [2.75, 3.05) is 26.2 Å². The van der Waals surface area contributed by atoms with Crippen LogP contribution in [0.2, 0.25) is 0 Å². The van der Waals surface area contributed by atoms with Crippen molar-refractivity contribution in [1.29, 1.82) is 0 Å². The molecule has 1 aliphatic heterocycles. The number of halogens is 1. The predicted molar refractivity (Wildman–Crippen MR) is 129 cm³/mol. The van der Waals surface area contributed by atoms with E-state index in [9.17, 15) is 14.0 Å². The minimum Gasteiger partial charge on any atom is -0.481 e. The topological polar surface area (TPSA) is 49.9 Å². The molecule has 0 N–H and O–H groups in total. The van der Waals surface area contributed by atoms with Crippen LogP contribution < -0.4 is 4.74 Å². The van der Waals surface area contributed by atoms with E-state index in [2.05, 4.69) is 12.1 Å². The first kappa shape index (κ1) is 23.5. The predicted octanol–water partition coefficient (Wildman–Crippen LogP) is 4.56. The first-order valence-corrected chi connectivity index (χ1v) is 11.6. The molecule has 1 unspecified atom stereocenters. The van der Waals surface area contributed by atoms with Gasteiger partial charge >= 0.3 is 0 Å². The summed E-state index contributed by atoms with van der Waals surface area (Å²) in [6.07, 6.45) is 0.727. The maximum Gasteiger partial charge on any atom is 0.263 e. The van der Waals surface area contributed by atoms with E-state index in [1.165, 1.54) is 23.8 Å². The molecule has 34 heavy (non-hydrogen) atoms. The second-order valence-corrected chi connectivity index (χ2v) is 8.51. The zero-order valence-electron chi connectivity index (χ0n) is 19.3. The van der Waals surface area contributed by atoms with Gasteiger partial charge < -0.3 is 14.5 Å². The Bertz CT molecular complexity index is 1140. The molecule has 0 radical (unpaired) electrons.